The fourth-order valence-electron chi connectivity index (χ4n) is 4.30. The summed E-state index contributed by atoms with van der Waals surface area (Å²) in [6, 6.07) is 37.6. The minimum Gasteiger partial charge on any atom is -0.423 e. The molecule has 0 spiro atoms. The molecule has 0 aliphatic heterocycles. The van der Waals surface area contributed by atoms with Crippen LogP contribution in [0, 0.1) is 0 Å². The summed E-state index contributed by atoms with van der Waals surface area (Å²) >= 11 is 0. The Morgan fingerprint density at radius 2 is 1.15 bits per heavy atom. The molecule has 5 aromatic carbocycles. The number of hydrogen-bond donors (Lipinski definition) is 0. The molecule has 40 heavy (non-hydrogen) atoms. The van der Waals surface area contributed by atoms with Gasteiger partial charge in [-0.15, -0.1) is 0 Å². The van der Waals surface area contributed by atoms with Crippen LogP contribution in [0.1, 0.15) is 6.92 Å². The molecule has 0 aromatic heterocycles. The van der Waals surface area contributed by atoms with Gasteiger partial charge in [0.2, 0.25) is 0 Å². The summed E-state index contributed by atoms with van der Waals surface area (Å²) < 4.78 is 10.6. The summed E-state index contributed by atoms with van der Waals surface area (Å²) in [4.78, 5) is 25.6. The van der Waals surface area contributed by atoms with Crippen LogP contribution in [0.2, 0.25) is 0 Å². The van der Waals surface area contributed by atoms with Gasteiger partial charge in [-0.05, 0) is 89.5 Å². The maximum Gasteiger partial charge on any atom is 0.338 e. The topological polar surface area (TPSA) is 55.8 Å². The van der Waals surface area contributed by atoms with Crippen molar-refractivity contribution in [2.45, 2.75) is 6.92 Å². The molecule has 0 heterocycles. The molecule has 0 atom stereocenters. The number of carbonyl (C=O) groups excluding carboxylic acids is 2. The first-order chi connectivity index (χ1) is 19.4. The molecule has 0 aliphatic rings. The fourth-order valence-corrected chi connectivity index (χ4v) is 4.30. The maximum absolute atomic E-state index is 12.0. The summed E-state index contributed by atoms with van der Waals surface area (Å²) in [7, 11) is 0. The Morgan fingerprint density at radius 1 is 0.650 bits per heavy atom. The van der Waals surface area contributed by atoms with Gasteiger partial charge < -0.3 is 14.4 Å². The van der Waals surface area contributed by atoms with Gasteiger partial charge in [0.25, 0.3) is 0 Å². The number of benzene rings is 5. The molecule has 0 unspecified atom stereocenters. The zero-order chi connectivity index (χ0) is 28.1. The first-order valence-corrected chi connectivity index (χ1v) is 12.7. The number of ether oxygens (including phenoxy) is 2. The van der Waals surface area contributed by atoms with Crippen molar-refractivity contribution >= 4 is 39.8 Å². The van der Waals surface area contributed by atoms with Crippen molar-refractivity contribution in [1.29, 1.82) is 0 Å². The second-order valence-corrected chi connectivity index (χ2v) is 9.23. The van der Waals surface area contributed by atoms with Crippen LogP contribution >= 0.6 is 0 Å². The molecule has 0 saturated carbocycles. The van der Waals surface area contributed by atoms with E-state index in [0.29, 0.717) is 17.1 Å². The Morgan fingerprint density at radius 3 is 1.75 bits per heavy atom. The van der Waals surface area contributed by atoms with Crippen molar-refractivity contribution in [2.24, 2.45) is 0 Å². The van der Waals surface area contributed by atoms with Gasteiger partial charge in [-0.1, -0.05) is 67.8 Å². The third-order valence-electron chi connectivity index (χ3n) is 6.34. The second kappa shape index (κ2) is 11.5. The molecular weight excluding hydrogens is 498 g/mol. The second-order valence-electron chi connectivity index (χ2n) is 9.23. The number of hydrogen-bond acceptors (Lipinski definition) is 5. The molecule has 196 valence electrons. The molecule has 0 N–H and O–H groups in total. The van der Waals surface area contributed by atoms with Gasteiger partial charge in [-0.2, -0.15) is 0 Å². The predicted octanol–water partition coefficient (Wildman–Crippen LogP) is 8.55. The number of nitrogens with zero attached hydrogens (tertiary/aromatic N) is 1. The molecule has 0 aliphatic carbocycles. The Labute approximate surface area is 233 Å². The van der Waals surface area contributed by atoms with E-state index < -0.39 is 11.9 Å². The molecule has 5 heteroatoms. The van der Waals surface area contributed by atoms with E-state index in [0.717, 1.165) is 45.0 Å². The summed E-state index contributed by atoms with van der Waals surface area (Å²) in [6.45, 7) is 8.69. The third kappa shape index (κ3) is 5.84. The Kier molecular flexibility index (Phi) is 7.56. The number of anilines is 3. The van der Waals surface area contributed by atoms with Crippen molar-refractivity contribution in [3.05, 3.63) is 140 Å². The predicted molar refractivity (Wildman–Crippen MR) is 160 cm³/mol. The van der Waals surface area contributed by atoms with E-state index in [1.165, 1.54) is 0 Å². The van der Waals surface area contributed by atoms with Crippen molar-refractivity contribution < 1.29 is 19.1 Å². The zero-order valence-electron chi connectivity index (χ0n) is 22.0. The van der Waals surface area contributed by atoms with Crippen molar-refractivity contribution in [2.75, 3.05) is 4.90 Å². The quantitative estimate of drug-likeness (QED) is 0.115. The molecule has 0 amide bonds. The minimum atomic E-state index is -0.493. The average molecular weight is 526 g/mol. The van der Waals surface area contributed by atoms with Gasteiger partial charge in [0.15, 0.2) is 0 Å². The molecule has 5 rings (SSSR count). The van der Waals surface area contributed by atoms with Gasteiger partial charge in [-0.3, -0.25) is 0 Å². The van der Waals surface area contributed by atoms with Crippen LogP contribution in [0.25, 0.3) is 21.9 Å². The largest absolute Gasteiger partial charge is 0.423 e. The number of fused-ring (bicyclic) bond motifs is 1. The standard InChI is InChI=1S/C35H27NO4/c1-4-34(37)39-32-19-12-27(13-20-32)26-9-14-29(15-10-26)36(31-16-11-25-7-5-6-8-28(25)23-31)30-17-21-33(22-18-30)40-35(38)24(2)3/h4-23H,1-2H2,3H3. The lowest BCUT2D eigenvalue weighted by Gasteiger charge is -2.26. The van der Waals surface area contributed by atoms with Crippen LogP contribution in [0.4, 0.5) is 17.1 Å². The average Bonchev–Trinajstić information content (AvgIpc) is 2.99. The lowest BCUT2D eigenvalue weighted by molar-refractivity contribution is -0.130. The third-order valence-corrected chi connectivity index (χ3v) is 6.34. The van der Waals surface area contributed by atoms with E-state index in [-0.39, 0.29) is 0 Å². The van der Waals surface area contributed by atoms with Gasteiger partial charge in [0.05, 0.1) is 0 Å². The van der Waals surface area contributed by atoms with Crippen LogP contribution in [-0.2, 0) is 9.59 Å². The van der Waals surface area contributed by atoms with Crippen molar-refractivity contribution in [1.82, 2.24) is 0 Å². The lowest BCUT2D eigenvalue weighted by atomic mass is 10.0. The molecule has 0 radical (unpaired) electrons. The summed E-state index contributed by atoms with van der Waals surface area (Å²) in [5, 5.41) is 2.29. The molecule has 0 saturated heterocycles. The monoisotopic (exact) mass is 525 g/mol. The first kappa shape index (κ1) is 26.2. The molecular formula is C35H27NO4. The van der Waals surface area contributed by atoms with Gasteiger partial charge in [0, 0.05) is 28.7 Å². The van der Waals surface area contributed by atoms with Gasteiger partial charge in [-0.25, -0.2) is 9.59 Å². The molecule has 0 fully saturated rings. The smallest absolute Gasteiger partial charge is 0.338 e. The van der Waals surface area contributed by atoms with E-state index in [1.54, 1.807) is 31.2 Å². The Hall–Kier alpha value is -5.42. The van der Waals surface area contributed by atoms with E-state index >= 15 is 0 Å². The summed E-state index contributed by atoms with van der Waals surface area (Å²) in [5.41, 5.74) is 5.21. The highest BCUT2D eigenvalue weighted by atomic mass is 16.5. The fraction of sp³-hybridized carbons (Fsp3) is 0.0286. The highest BCUT2D eigenvalue weighted by molar-refractivity contribution is 5.90. The molecule has 0 bridgehead atoms. The zero-order valence-corrected chi connectivity index (χ0v) is 22.0. The van der Waals surface area contributed by atoms with Crippen LogP contribution in [0.5, 0.6) is 11.5 Å². The Balaban J connectivity index is 1.48. The van der Waals surface area contributed by atoms with Crippen LogP contribution in [-0.4, -0.2) is 11.9 Å². The molecule has 5 aromatic rings. The number of carbonyl (C=O) groups is 2. The maximum atomic E-state index is 12.0. The van der Waals surface area contributed by atoms with Crippen LogP contribution in [0.15, 0.2) is 140 Å². The Bertz CT molecular complexity index is 1700. The summed E-state index contributed by atoms with van der Waals surface area (Å²) in [6.07, 6.45) is 1.14. The molecule has 5 nitrogen and oxygen atoms in total. The highest BCUT2D eigenvalue weighted by Gasteiger charge is 2.15. The van der Waals surface area contributed by atoms with Crippen LogP contribution in [0.3, 0.4) is 0 Å². The van der Waals surface area contributed by atoms with E-state index in [2.05, 4.69) is 72.7 Å². The lowest BCUT2D eigenvalue weighted by Crippen LogP contribution is -2.11. The normalized spacial score (nSPS) is 10.5. The van der Waals surface area contributed by atoms with Crippen molar-refractivity contribution in [3.63, 3.8) is 0 Å². The van der Waals surface area contributed by atoms with E-state index in [9.17, 15) is 9.59 Å². The summed E-state index contributed by atoms with van der Waals surface area (Å²) in [5.74, 6) is -0.0348. The van der Waals surface area contributed by atoms with Crippen LogP contribution < -0.4 is 14.4 Å². The first-order valence-electron chi connectivity index (χ1n) is 12.7. The SMILES string of the molecule is C=CC(=O)Oc1ccc(-c2ccc(N(c3ccc(OC(=O)C(=C)C)cc3)c3ccc4ccccc4c3)cc2)cc1. The van der Waals surface area contributed by atoms with Gasteiger partial charge >= 0.3 is 11.9 Å². The minimum absolute atomic E-state index is 0.342. The highest BCUT2D eigenvalue weighted by Crippen LogP contribution is 2.37. The van der Waals surface area contributed by atoms with E-state index in [4.69, 9.17) is 9.47 Å². The van der Waals surface area contributed by atoms with E-state index in [1.807, 2.05) is 36.4 Å². The number of rotatable bonds is 8. The van der Waals surface area contributed by atoms with Crippen molar-refractivity contribution in [3.8, 4) is 22.6 Å². The van der Waals surface area contributed by atoms with Gasteiger partial charge in [0.1, 0.15) is 11.5 Å². The number of esters is 2.